The minimum atomic E-state index is -3.41. The molecule has 2 aliphatic rings. The lowest BCUT2D eigenvalue weighted by Crippen LogP contribution is -2.50. The molecule has 0 radical (unpaired) electrons. The number of para-hydroxylation sites is 1. The summed E-state index contributed by atoms with van der Waals surface area (Å²) in [6, 6.07) is 15.5. The number of halogens is 1. The van der Waals surface area contributed by atoms with Gasteiger partial charge in [0.2, 0.25) is 5.91 Å². The quantitative estimate of drug-likeness (QED) is 0.665. The first-order chi connectivity index (χ1) is 15.4. The lowest BCUT2D eigenvalue weighted by atomic mass is 10.1. The highest BCUT2D eigenvalue weighted by Gasteiger charge is 2.30. The van der Waals surface area contributed by atoms with Crippen LogP contribution in [0.25, 0.3) is 0 Å². The van der Waals surface area contributed by atoms with E-state index in [-0.39, 0.29) is 30.1 Å². The molecule has 2 heterocycles. The van der Waals surface area contributed by atoms with Gasteiger partial charge in [-0.3, -0.25) is 9.69 Å². The zero-order valence-electron chi connectivity index (χ0n) is 18.2. The summed E-state index contributed by atoms with van der Waals surface area (Å²) < 4.78 is 39.2. The number of nitrogens with zero attached hydrogens (tertiary/aromatic N) is 3. The molecule has 0 aromatic heterocycles. The summed E-state index contributed by atoms with van der Waals surface area (Å²) in [5.74, 6) is -0.225. The first kappa shape index (κ1) is 22.7. The van der Waals surface area contributed by atoms with Gasteiger partial charge >= 0.3 is 0 Å². The van der Waals surface area contributed by atoms with Crippen molar-refractivity contribution in [2.24, 2.45) is 0 Å². The molecule has 0 spiro atoms. The third-order valence-electron chi connectivity index (χ3n) is 6.53. The predicted molar refractivity (Wildman–Crippen MR) is 123 cm³/mol. The number of rotatable bonds is 6. The minimum Gasteiger partial charge on any atom is -0.367 e. The number of hydrogen-bond acceptors (Lipinski definition) is 5. The molecule has 2 aliphatic heterocycles. The van der Waals surface area contributed by atoms with Crippen LogP contribution in [0.15, 0.2) is 59.5 Å². The summed E-state index contributed by atoms with van der Waals surface area (Å²) in [6.07, 6.45) is 2.04. The maximum absolute atomic E-state index is 14.1. The fourth-order valence-electron chi connectivity index (χ4n) is 4.64. The number of carbonyl (C=O) groups excluding carboxylic acids is 1. The molecule has 2 aromatic rings. The van der Waals surface area contributed by atoms with Crippen molar-refractivity contribution in [2.45, 2.75) is 30.2 Å². The molecule has 2 fully saturated rings. The van der Waals surface area contributed by atoms with E-state index in [1.54, 1.807) is 41.3 Å². The van der Waals surface area contributed by atoms with Crippen molar-refractivity contribution in [3.05, 3.63) is 60.4 Å². The Kier molecular flexibility index (Phi) is 7.10. The fraction of sp³-hybridized carbons (Fsp3) is 0.458. The number of hydrogen-bond donors (Lipinski definition) is 0. The monoisotopic (exact) mass is 459 g/mol. The number of carbonyl (C=O) groups is 1. The van der Waals surface area contributed by atoms with Crippen molar-refractivity contribution in [3.8, 4) is 0 Å². The third-order valence-corrected chi connectivity index (χ3v) is 8.24. The largest absolute Gasteiger partial charge is 0.367 e. The summed E-state index contributed by atoms with van der Waals surface area (Å²) in [4.78, 5) is 19.1. The highest BCUT2D eigenvalue weighted by Crippen LogP contribution is 2.24. The van der Waals surface area contributed by atoms with Crippen molar-refractivity contribution in [1.29, 1.82) is 0 Å². The van der Waals surface area contributed by atoms with Gasteiger partial charge in [-0.25, -0.2) is 12.8 Å². The molecule has 0 N–H and O–H groups in total. The number of likely N-dealkylation sites (tertiary alicyclic amines) is 1. The second-order valence-electron chi connectivity index (χ2n) is 8.47. The predicted octanol–water partition coefficient (Wildman–Crippen LogP) is 2.80. The first-order valence-corrected chi connectivity index (χ1v) is 12.9. The number of benzene rings is 2. The second kappa shape index (κ2) is 10.0. The Labute approximate surface area is 189 Å². The number of amides is 1. The van der Waals surface area contributed by atoms with Crippen LogP contribution in [0.1, 0.15) is 19.3 Å². The molecule has 8 heteroatoms. The third kappa shape index (κ3) is 5.30. The maximum atomic E-state index is 14.1. The van der Waals surface area contributed by atoms with Crippen molar-refractivity contribution in [1.82, 2.24) is 9.80 Å². The molecular formula is C24H30FN3O3S. The van der Waals surface area contributed by atoms with Crippen LogP contribution in [-0.2, 0) is 14.6 Å². The molecule has 0 aliphatic carbocycles. The normalized spacial score (nSPS) is 20.9. The van der Waals surface area contributed by atoms with Crippen LogP contribution in [0.3, 0.4) is 0 Å². The van der Waals surface area contributed by atoms with Gasteiger partial charge in [0.15, 0.2) is 9.84 Å². The first-order valence-electron chi connectivity index (χ1n) is 11.2. The van der Waals surface area contributed by atoms with E-state index in [1.165, 1.54) is 6.07 Å². The number of sulfone groups is 1. The Hall–Kier alpha value is -2.45. The number of piperazine rings is 1. The van der Waals surface area contributed by atoms with Gasteiger partial charge in [-0.1, -0.05) is 30.3 Å². The topological polar surface area (TPSA) is 60.9 Å². The Balaban J connectivity index is 1.30. The van der Waals surface area contributed by atoms with E-state index in [9.17, 15) is 17.6 Å². The number of anilines is 1. The summed E-state index contributed by atoms with van der Waals surface area (Å²) in [5.41, 5.74) is 0.647. The molecule has 6 nitrogen and oxygen atoms in total. The lowest BCUT2D eigenvalue weighted by Gasteiger charge is -2.40. The minimum absolute atomic E-state index is 0.0285. The smallest absolute Gasteiger partial charge is 0.222 e. The summed E-state index contributed by atoms with van der Waals surface area (Å²) in [7, 11) is -3.41. The SMILES string of the molecule is O=C1CCC(N2CCN(c3ccccc3F)CC2)CCN1CCS(=O)(=O)c1ccccc1. The molecule has 4 rings (SSSR count). The highest BCUT2D eigenvalue weighted by atomic mass is 32.2. The molecule has 2 aromatic carbocycles. The average Bonchev–Trinajstić information content (AvgIpc) is 3.00. The summed E-state index contributed by atoms with van der Waals surface area (Å²) in [6.45, 7) is 3.96. The Bertz CT molecular complexity index is 1020. The van der Waals surface area contributed by atoms with Gasteiger partial charge in [0.25, 0.3) is 0 Å². The van der Waals surface area contributed by atoms with E-state index in [2.05, 4.69) is 9.80 Å². The van der Waals surface area contributed by atoms with Crippen molar-refractivity contribution in [2.75, 3.05) is 49.9 Å². The van der Waals surface area contributed by atoms with Crippen molar-refractivity contribution >= 4 is 21.4 Å². The van der Waals surface area contributed by atoms with E-state index in [0.717, 1.165) is 39.0 Å². The van der Waals surface area contributed by atoms with E-state index in [4.69, 9.17) is 0 Å². The Morgan fingerprint density at radius 2 is 1.56 bits per heavy atom. The zero-order valence-corrected chi connectivity index (χ0v) is 19.0. The van der Waals surface area contributed by atoms with Crippen molar-refractivity contribution in [3.63, 3.8) is 0 Å². The molecule has 0 saturated carbocycles. The Morgan fingerprint density at radius 1 is 0.875 bits per heavy atom. The van der Waals surface area contributed by atoms with Crippen LogP contribution < -0.4 is 4.90 Å². The van der Waals surface area contributed by atoms with Gasteiger partial charge < -0.3 is 9.80 Å². The molecule has 0 bridgehead atoms. The van der Waals surface area contributed by atoms with E-state index in [0.29, 0.717) is 23.5 Å². The van der Waals surface area contributed by atoms with Gasteiger partial charge in [-0.15, -0.1) is 0 Å². The average molecular weight is 460 g/mol. The zero-order chi connectivity index (χ0) is 22.6. The highest BCUT2D eigenvalue weighted by molar-refractivity contribution is 7.91. The van der Waals surface area contributed by atoms with Crippen LogP contribution in [0, 0.1) is 5.82 Å². The van der Waals surface area contributed by atoms with Crippen molar-refractivity contribution < 1.29 is 17.6 Å². The van der Waals surface area contributed by atoms with Gasteiger partial charge in [0.05, 0.1) is 16.3 Å². The van der Waals surface area contributed by atoms with E-state index < -0.39 is 9.84 Å². The lowest BCUT2D eigenvalue weighted by molar-refractivity contribution is -0.130. The van der Waals surface area contributed by atoms with Gasteiger partial charge in [-0.2, -0.15) is 0 Å². The fourth-order valence-corrected chi connectivity index (χ4v) is 5.90. The van der Waals surface area contributed by atoms with Crippen LogP contribution in [0.5, 0.6) is 0 Å². The molecule has 1 atom stereocenters. The van der Waals surface area contributed by atoms with Crippen LogP contribution in [0.2, 0.25) is 0 Å². The summed E-state index contributed by atoms with van der Waals surface area (Å²) >= 11 is 0. The second-order valence-corrected chi connectivity index (χ2v) is 10.6. The van der Waals surface area contributed by atoms with Crippen LogP contribution in [-0.4, -0.2) is 75.2 Å². The Morgan fingerprint density at radius 3 is 2.28 bits per heavy atom. The molecule has 1 amide bonds. The summed E-state index contributed by atoms with van der Waals surface area (Å²) in [5, 5.41) is 0. The van der Waals surface area contributed by atoms with Crippen LogP contribution >= 0.6 is 0 Å². The standard InChI is InChI=1S/C24H30FN3O3S/c25-22-8-4-5-9-23(22)27-16-14-26(15-17-27)20-10-11-24(29)28(13-12-20)18-19-32(30,31)21-6-2-1-3-7-21/h1-9,20H,10-19H2. The van der Waals surface area contributed by atoms with Gasteiger partial charge in [0, 0.05) is 51.7 Å². The molecule has 2 saturated heterocycles. The van der Waals surface area contributed by atoms with Gasteiger partial charge in [-0.05, 0) is 37.1 Å². The molecule has 32 heavy (non-hydrogen) atoms. The molecule has 1 unspecified atom stereocenters. The maximum Gasteiger partial charge on any atom is 0.222 e. The van der Waals surface area contributed by atoms with Gasteiger partial charge in [0.1, 0.15) is 5.82 Å². The molecular weight excluding hydrogens is 429 g/mol. The van der Waals surface area contributed by atoms with Crippen LogP contribution in [0.4, 0.5) is 10.1 Å². The van der Waals surface area contributed by atoms with E-state index in [1.807, 2.05) is 12.1 Å². The molecule has 172 valence electrons. The van der Waals surface area contributed by atoms with E-state index >= 15 is 0 Å².